The molecule has 18 valence electrons. The monoisotopic (exact) mass is 50.0 g/mol. The third-order valence-electron chi connectivity index (χ3n) is 0.0833. The average molecular weight is 50.1 g/mol. The zero-order valence-electron chi connectivity index (χ0n) is 2.15. The highest BCUT2D eigenvalue weighted by molar-refractivity contribution is 5.15. The van der Waals surface area contributed by atoms with E-state index in [4.69, 9.17) is 0 Å². The van der Waals surface area contributed by atoms with Gasteiger partial charge in [0.25, 0.3) is 0 Å². The fourth-order valence-electron chi connectivity index (χ4n) is 0. The maximum Gasteiger partial charge on any atom is -0.0191 e. The van der Waals surface area contributed by atoms with Crippen molar-refractivity contribution in [1.29, 1.82) is 0 Å². The van der Waals surface area contributed by atoms with Crippen molar-refractivity contribution in [2.45, 2.75) is 0 Å². The van der Waals surface area contributed by atoms with Gasteiger partial charge in [-0.2, -0.15) is 0 Å². The van der Waals surface area contributed by atoms with Gasteiger partial charge in [0.05, 0.1) is 0 Å². The topological polar surface area (TPSA) is 0 Å². The van der Waals surface area contributed by atoms with Crippen molar-refractivity contribution in [3.05, 3.63) is 0 Å². The molecular weight excluding hydrogens is 48.0 g/mol. The molecule has 0 atom stereocenters. The van der Waals surface area contributed by atoms with Crippen LogP contribution in [0, 0.1) is 24.7 Å². The minimum Gasteiger partial charge on any atom is -0.106 e. The van der Waals surface area contributed by atoms with E-state index in [9.17, 15) is 0 Å². The lowest BCUT2D eigenvalue weighted by Gasteiger charge is -1.30. The molecule has 0 aliphatic rings. The quantitative estimate of drug-likeness (QED) is 0.345. The summed E-state index contributed by atoms with van der Waals surface area (Å²) in [4.78, 5) is 0. The summed E-state index contributed by atoms with van der Waals surface area (Å²) in [5.41, 5.74) is 0. The van der Waals surface area contributed by atoms with Gasteiger partial charge in [0.15, 0.2) is 0 Å². The van der Waals surface area contributed by atoms with E-state index < -0.39 is 0 Å². The third kappa shape index (κ3) is 1.12. The Balaban J connectivity index is 3.14. The van der Waals surface area contributed by atoms with Gasteiger partial charge >= 0.3 is 0 Å². The van der Waals surface area contributed by atoms with Gasteiger partial charge in [-0.3, -0.25) is 0 Å². The Bertz CT molecular complexity index is 55.0. The van der Waals surface area contributed by atoms with E-state index in [0.717, 1.165) is 0 Å². The van der Waals surface area contributed by atoms with Gasteiger partial charge in [-0.15, -0.1) is 12.8 Å². The highest BCUT2D eigenvalue weighted by atomic mass is 13.3. The van der Waals surface area contributed by atoms with Gasteiger partial charge in [-0.1, -0.05) is 0 Å². The maximum absolute atomic E-state index is 4.54. The molecule has 0 aromatic carbocycles. The summed E-state index contributed by atoms with van der Waals surface area (Å²) in [7, 11) is 0. The Morgan fingerprint density at radius 1 is 1.00 bits per heavy atom. The van der Waals surface area contributed by atoms with Crippen LogP contribution in [0.2, 0.25) is 0 Å². The summed E-state index contributed by atoms with van der Waals surface area (Å²) in [5, 5.41) is 0. The second-order valence-electron chi connectivity index (χ2n) is 0.289. The second-order valence-corrected chi connectivity index (χ2v) is 0.289. The van der Waals surface area contributed by atoms with E-state index in [0.29, 0.717) is 0 Å². The van der Waals surface area contributed by atoms with Gasteiger partial charge < -0.3 is 0 Å². The van der Waals surface area contributed by atoms with E-state index >= 15 is 0 Å². The van der Waals surface area contributed by atoms with Crippen molar-refractivity contribution < 1.29 is 0 Å². The third-order valence-corrected chi connectivity index (χ3v) is 0.0833. The van der Waals surface area contributed by atoms with Crippen molar-refractivity contribution in [3.8, 4) is 24.7 Å². The second kappa shape index (κ2) is 2.12. The molecule has 0 saturated heterocycles. The first-order valence-electron chi connectivity index (χ1n) is 0.827. The fourth-order valence-corrected chi connectivity index (χ4v) is 0. The molecule has 0 spiro atoms. The Labute approximate surface area is 25.8 Å². The maximum atomic E-state index is 4.54. The number of rotatable bonds is 0. The van der Waals surface area contributed by atoms with Crippen LogP contribution in [-0.2, 0) is 0 Å². The molecular formula is C4H2. The summed E-state index contributed by atoms with van der Waals surface area (Å²) in [5.74, 6) is 3.92. The first kappa shape index (κ1) is 3.12. The Morgan fingerprint density at radius 2 is 1.25 bits per heavy atom. The van der Waals surface area contributed by atoms with Gasteiger partial charge in [-0.25, -0.2) is 0 Å². The Hall–Kier alpha value is -0.880. The van der Waals surface area contributed by atoms with Crippen molar-refractivity contribution in [1.82, 2.24) is 0 Å². The van der Waals surface area contributed by atoms with Crippen molar-refractivity contribution in [2.24, 2.45) is 0 Å². The van der Waals surface area contributed by atoms with Crippen LogP contribution in [0.5, 0.6) is 0 Å². The minimum atomic E-state index is 1.96. The minimum absolute atomic E-state index is 1.96. The standard InChI is InChI=1S/C4H2/c1-3-4-2/h1-2H. The average Bonchev–Trinajstić information content (AvgIpc) is 1.37. The molecule has 0 bridgehead atoms. The SMILES string of the molecule is C#CC#C. The van der Waals surface area contributed by atoms with E-state index in [1.807, 2.05) is 11.8 Å². The highest BCUT2D eigenvalue weighted by Crippen LogP contribution is 1.27. The molecule has 0 aromatic rings. The molecule has 4 heavy (non-hydrogen) atoms. The Kier molecular flexibility index (Phi) is 1.65. The first-order chi connectivity index (χ1) is 1.91. The molecule has 0 amide bonds. The summed E-state index contributed by atoms with van der Waals surface area (Å²) in [6.45, 7) is 0. The van der Waals surface area contributed by atoms with Crippen LogP contribution >= 0.6 is 0 Å². The van der Waals surface area contributed by atoms with Gasteiger partial charge in [0.2, 0.25) is 0 Å². The van der Waals surface area contributed by atoms with Crippen molar-refractivity contribution >= 4 is 0 Å². The molecule has 0 saturated carbocycles. The van der Waals surface area contributed by atoms with Gasteiger partial charge in [0, 0.05) is 0 Å². The molecule has 0 aliphatic carbocycles. The van der Waals surface area contributed by atoms with Crippen LogP contribution in [-0.4, -0.2) is 0 Å². The van der Waals surface area contributed by atoms with Gasteiger partial charge in [-0.05, 0) is 11.8 Å². The predicted molar refractivity (Wildman–Crippen MR) is 17.7 cm³/mol. The van der Waals surface area contributed by atoms with Crippen LogP contribution in [0.15, 0.2) is 0 Å². The summed E-state index contributed by atoms with van der Waals surface area (Å²) in [6.07, 6.45) is 9.08. The lowest BCUT2D eigenvalue weighted by Crippen LogP contribution is -1.26. The normalized spacial score (nSPS) is 2.50. The number of hydrogen-bond acceptors (Lipinski definition) is 0. The van der Waals surface area contributed by atoms with Crippen LogP contribution in [0.1, 0.15) is 0 Å². The smallest absolute Gasteiger partial charge is 0.0191 e. The molecule has 0 fully saturated rings. The molecule has 0 N–H and O–H groups in total. The molecule has 0 heterocycles. The van der Waals surface area contributed by atoms with E-state index in [1.165, 1.54) is 0 Å². The summed E-state index contributed by atoms with van der Waals surface area (Å²) >= 11 is 0. The lowest BCUT2D eigenvalue weighted by atomic mass is 10.7. The van der Waals surface area contributed by atoms with Crippen molar-refractivity contribution in [2.75, 3.05) is 0 Å². The van der Waals surface area contributed by atoms with Crippen molar-refractivity contribution in [3.63, 3.8) is 0 Å². The van der Waals surface area contributed by atoms with Crippen LogP contribution in [0.25, 0.3) is 0 Å². The molecule has 0 aliphatic heterocycles. The lowest BCUT2D eigenvalue weighted by molar-refractivity contribution is 2.62. The van der Waals surface area contributed by atoms with E-state index in [2.05, 4.69) is 12.8 Å². The predicted octanol–water partition coefficient (Wildman–Crippen LogP) is 0.253. The largest absolute Gasteiger partial charge is 0.106 e. The van der Waals surface area contributed by atoms with Crippen LogP contribution in [0.4, 0.5) is 0 Å². The van der Waals surface area contributed by atoms with Gasteiger partial charge in [0.1, 0.15) is 0 Å². The van der Waals surface area contributed by atoms with E-state index in [1.54, 1.807) is 0 Å². The zero-order chi connectivity index (χ0) is 3.41. The van der Waals surface area contributed by atoms with E-state index in [-0.39, 0.29) is 0 Å². The fraction of sp³-hybridized carbons (Fsp3) is 0. The molecule has 0 radical (unpaired) electrons. The molecule has 0 unspecified atom stereocenters. The van der Waals surface area contributed by atoms with Crippen LogP contribution < -0.4 is 0 Å². The summed E-state index contributed by atoms with van der Waals surface area (Å²) < 4.78 is 0. The zero-order valence-corrected chi connectivity index (χ0v) is 2.15. The van der Waals surface area contributed by atoms with Crippen LogP contribution in [0.3, 0.4) is 0 Å². The molecule has 0 heteroatoms. The highest BCUT2D eigenvalue weighted by Gasteiger charge is 1.23. The molecule has 0 rings (SSSR count). The number of terminal acetylenes is 2. The summed E-state index contributed by atoms with van der Waals surface area (Å²) in [6, 6.07) is 0. The molecule has 0 aromatic heterocycles. The number of hydrogen-bond donors (Lipinski definition) is 0. The first-order valence-corrected chi connectivity index (χ1v) is 0.827. The molecule has 0 nitrogen and oxygen atoms in total. The Morgan fingerprint density at radius 3 is 1.25 bits per heavy atom.